The molecule has 0 spiro atoms. The number of nitrogens with one attached hydrogen (secondary N) is 1. The molecule has 2 heterocycles. The number of piperazine rings is 1. The molecule has 1 saturated heterocycles. The van der Waals surface area contributed by atoms with Crippen molar-refractivity contribution in [1.82, 2.24) is 19.8 Å². The molecular weight excluding hydrogens is 240 g/mol. The monoisotopic (exact) mass is 250 g/mol. The van der Waals surface area contributed by atoms with Gasteiger partial charge in [-0.15, -0.1) is 0 Å². The standard InChI is InChI=1S/C10H10N4O4/c15-7-4-14(5-8(16)12-7)9(17)6-13-3-1-2-11-10(13)18/h1-3H,4-6H2,(H,12,15,16). The van der Waals surface area contributed by atoms with Crippen LogP contribution in [-0.4, -0.2) is 45.3 Å². The summed E-state index contributed by atoms with van der Waals surface area (Å²) in [5, 5.41) is 2.09. The average Bonchev–Trinajstić information content (AvgIpc) is 2.31. The Bertz CT molecular complexity index is 549. The first-order valence-corrected chi connectivity index (χ1v) is 5.18. The summed E-state index contributed by atoms with van der Waals surface area (Å²) in [6.07, 6.45) is 2.74. The average molecular weight is 250 g/mol. The topological polar surface area (TPSA) is 101 Å². The molecule has 0 aromatic carbocycles. The fourth-order valence-corrected chi connectivity index (χ4v) is 1.57. The van der Waals surface area contributed by atoms with E-state index in [9.17, 15) is 19.2 Å². The fraction of sp³-hybridized carbons (Fsp3) is 0.300. The fourth-order valence-electron chi connectivity index (χ4n) is 1.57. The molecule has 2 rings (SSSR count). The predicted molar refractivity (Wildman–Crippen MR) is 58.2 cm³/mol. The van der Waals surface area contributed by atoms with Crippen LogP contribution in [0.2, 0.25) is 0 Å². The zero-order valence-corrected chi connectivity index (χ0v) is 9.33. The normalized spacial score (nSPS) is 15.4. The lowest BCUT2D eigenvalue weighted by Gasteiger charge is -2.25. The highest BCUT2D eigenvalue weighted by atomic mass is 16.2. The smallest absolute Gasteiger partial charge is 0.323 e. The number of nitrogens with zero attached hydrogens (tertiary/aromatic N) is 3. The Morgan fingerprint density at radius 2 is 1.94 bits per heavy atom. The number of amides is 3. The van der Waals surface area contributed by atoms with Gasteiger partial charge in [0.05, 0.1) is 0 Å². The molecule has 1 N–H and O–H groups in total. The number of carbonyl (C=O) groups is 3. The van der Waals surface area contributed by atoms with Crippen molar-refractivity contribution in [2.24, 2.45) is 0 Å². The molecule has 0 saturated carbocycles. The van der Waals surface area contributed by atoms with E-state index in [1.165, 1.54) is 18.5 Å². The SMILES string of the molecule is O=C1CN(C(=O)Cn2cccnc2=O)CC(=O)N1. The molecule has 1 aliphatic rings. The molecule has 0 bridgehead atoms. The van der Waals surface area contributed by atoms with E-state index in [1.54, 1.807) is 0 Å². The highest BCUT2D eigenvalue weighted by molar-refractivity contribution is 6.02. The van der Waals surface area contributed by atoms with Gasteiger partial charge in [0.2, 0.25) is 17.7 Å². The number of imide groups is 1. The summed E-state index contributed by atoms with van der Waals surface area (Å²) >= 11 is 0. The Balaban J connectivity index is 2.08. The van der Waals surface area contributed by atoms with E-state index in [0.29, 0.717) is 0 Å². The van der Waals surface area contributed by atoms with Crippen LogP contribution in [0, 0.1) is 0 Å². The van der Waals surface area contributed by atoms with Crippen LogP contribution in [0.1, 0.15) is 0 Å². The van der Waals surface area contributed by atoms with Crippen molar-refractivity contribution >= 4 is 17.7 Å². The molecule has 94 valence electrons. The lowest BCUT2D eigenvalue weighted by molar-refractivity contribution is -0.145. The maximum atomic E-state index is 11.8. The zero-order valence-electron chi connectivity index (χ0n) is 9.33. The quantitative estimate of drug-likeness (QED) is 0.596. The third kappa shape index (κ3) is 2.59. The third-order valence-corrected chi connectivity index (χ3v) is 2.39. The Hall–Kier alpha value is -2.51. The summed E-state index contributed by atoms with van der Waals surface area (Å²) in [5.41, 5.74) is -0.557. The van der Waals surface area contributed by atoms with Crippen molar-refractivity contribution < 1.29 is 14.4 Å². The summed E-state index contributed by atoms with van der Waals surface area (Å²) < 4.78 is 1.11. The van der Waals surface area contributed by atoms with E-state index < -0.39 is 23.4 Å². The van der Waals surface area contributed by atoms with Crippen molar-refractivity contribution in [3.8, 4) is 0 Å². The van der Waals surface area contributed by atoms with E-state index >= 15 is 0 Å². The van der Waals surface area contributed by atoms with E-state index in [0.717, 1.165) is 9.47 Å². The van der Waals surface area contributed by atoms with Crippen LogP contribution in [0.25, 0.3) is 0 Å². The number of hydrogen-bond donors (Lipinski definition) is 1. The van der Waals surface area contributed by atoms with Crippen molar-refractivity contribution in [2.75, 3.05) is 13.1 Å². The van der Waals surface area contributed by atoms with E-state index in [-0.39, 0.29) is 19.6 Å². The first-order chi connectivity index (χ1) is 8.56. The van der Waals surface area contributed by atoms with Crippen molar-refractivity contribution in [2.45, 2.75) is 6.54 Å². The largest absolute Gasteiger partial charge is 0.347 e. The van der Waals surface area contributed by atoms with Crippen LogP contribution in [0.3, 0.4) is 0 Å². The van der Waals surface area contributed by atoms with Crippen LogP contribution in [-0.2, 0) is 20.9 Å². The minimum Gasteiger partial charge on any atom is -0.323 e. The van der Waals surface area contributed by atoms with Crippen molar-refractivity contribution in [1.29, 1.82) is 0 Å². The third-order valence-electron chi connectivity index (χ3n) is 2.39. The van der Waals surface area contributed by atoms with Crippen LogP contribution < -0.4 is 11.0 Å². The van der Waals surface area contributed by atoms with Crippen molar-refractivity contribution in [3.63, 3.8) is 0 Å². The minimum absolute atomic E-state index is 0.181. The van der Waals surface area contributed by atoms with Gasteiger partial charge in [-0.3, -0.25) is 24.3 Å². The molecule has 0 unspecified atom stereocenters. The number of carbonyl (C=O) groups excluding carboxylic acids is 3. The highest BCUT2D eigenvalue weighted by Gasteiger charge is 2.26. The first kappa shape index (κ1) is 12.0. The second-order valence-corrected chi connectivity index (χ2v) is 3.75. The van der Waals surface area contributed by atoms with Gasteiger partial charge in [-0.25, -0.2) is 9.78 Å². The van der Waals surface area contributed by atoms with Gasteiger partial charge in [-0.1, -0.05) is 0 Å². The molecule has 1 aromatic heterocycles. The lowest BCUT2D eigenvalue weighted by atomic mass is 10.3. The molecular formula is C10H10N4O4. The number of rotatable bonds is 2. The van der Waals surface area contributed by atoms with Gasteiger partial charge < -0.3 is 4.90 Å². The van der Waals surface area contributed by atoms with E-state index in [4.69, 9.17) is 0 Å². The van der Waals surface area contributed by atoms with E-state index in [2.05, 4.69) is 10.3 Å². The molecule has 3 amide bonds. The maximum absolute atomic E-state index is 11.8. The van der Waals surface area contributed by atoms with Gasteiger partial charge in [0.1, 0.15) is 19.6 Å². The predicted octanol–water partition coefficient (Wildman–Crippen LogP) is -2.27. The molecule has 1 fully saturated rings. The van der Waals surface area contributed by atoms with Gasteiger partial charge in [0.25, 0.3) is 0 Å². The summed E-state index contributed by atoms with van der Waals surface area (Å²) in [6.45, 7) is -0.605. The zero-order chi connectivity index (χ0) is 13.1. The second-order valence-electron chi connectivity index (χ2n) is 3.75. The van der Waals surface area contributed by atoms with Gasteiger partial charge in [-0.05, 0) is 6.07 Å². The summed E-state index contributed by atoms with van der Waals surface area (Å²) in [7, 11) is 0. The molecule has 1 aliphatic heterocycles. The molecule has 0 radical (unpaired) electrons. The Labute approximate surface area is 101 Å². The molecule has 8 heteroatoms. The van der Waals surface area contributed by atoms with Gasteiger partial charge in [-0.2, -0.15) is 0 Å². The van der Waals surface area contributed by atoms with Crippen LogP contribution in [0.4, 0.5) is 0 Å². The first-order valence-electron chi connectivity index (χ1n) is 5.18. The minimum atomic E-state index is -0.557. The highest BCUT2D eigenvalue weighted by Crippen LogP contribution is 1.97. The van der Waals surface area contributed by atoms with Gasteiger partial charge in [0, 0.05) is 12.4 Å². The molecule has 0 aliphatic carbocycles. The van der Waals surface area contributed by atoms with Crippen LogP contribution in [0.5, 0.6) is 0 Å². The van der Waals surface area contributed by atoms with Crippen LogP contribution >= 0.6 is 0 Å². The van der Waals surface area contributed by atoms with Gasteiger partial charge in [0.15, 0.2) is 0 Å². The Morgan fingerprint density at radius 1 is 1.28 bits per heavy atom. The van der Waals surface area contributed by atoms with Crippen LogP contribution in [0.15, 0.2) is 23.3 Å². The summed E-state index contributed by atoms with van der Waals surface area (Å²) in [6, 6.07) is 1.52. The Morgan fingerprint density at radius 3 is 2.56 bits per heavy atom. The lowest BCUT2D eigenvalue weighted by Crippen LogP contribution is -2.54. The molecule has 0 atom stereocenters. The number of hydrogen-bond acceptors (Lipinski definition) is 5. The summed E-state index contributed by atoms with van der Waals surface area (Å²) in [5.74, 6) is -1.54. The Kier molecular flexibility index (Phi) is 3.18. The molecule has 8 nitrogen and oxygen atoms in total. The molecule has 1 aromatic rings. The summed E-state index contributed by atoms with van der Waals surface area (Å²) in [4.78, 5) is 49.9. The van der Waals surface area contributed by atoms with Gasteiger partial charge >= 0.3 is 5.69 Å². The van der Waals surface area contributed by atoms with E-state index in [1.807, 2.05) is 0 Å². The maximum Gasteiger partial charge on any atom is 0.347 e. The second kappa shape index (κ2) is 4.78. The molecule has 18 heavy (non-hydrogen) atoms. The number of aromatic nitrogens is 2. The van der Waals surface area contributed by atoms with Crippen molar-refractivity contribution in [3.05, 3.63) is 28.9 Å².